The summed E-state index contributed by atoms with van der Waals surface area (Å²) in [5.41, 5.74) is 6.41. The van der Waals surface area contributed by atoms with E-state index in [2.05, 4.69) is 5.32 Å². The van der Waals surface area contributed by atoms with E-state index in [1.54, 1.807) is 24.3 Å². The van der Waals surface area contributed by atoms with Crippen molar-refractivity contribution in [2.24, 2.45) is 5.73 Å². The number of unbranched alkanes of at least 4 members (excludes halogenated alkanes) is 1. The van der Waals surface area contributed by atoms with Crippen molar-refractivity contribution < 1.29 is 18.0 Å². The molecule has 0 heterocycles. The van der Waals surface area contributed by atoms with E-state index in [-0.39, 0.29) is 6.42 Å². The molecule has 1 aromatic rings. The Morgan fingerprint density at radius 3 is 2.53 bits per heavy atom. The Morgan fingerprint density at radius 2 is 1.89 bits per heavy atom. The van der Waals surface area contributed by atoms with Crippen molar-refractivity contribution in [2.75, 3.05) is 6.54 Å². The Hall–Kier alpha value is -1.56. The van der Waals surface area contributed by atoms with E-state index >= 15 is 0 Å². The van der Waals surface area contributed by atoms with Crippen LogP contribution in [0.1, 0.15) is 35.2 Å². The average Bonchev–Trinajstić information content (AvgIpc) is 2.32. The van der Waals surface area contributed by atoms with E-state index in [1.165, 1.54) is 0 Å². The maximum absolute atomic E-state index is 11.9. The van der Waals surface area contributed by atoms with Crippen LogP contribution in [-0.2, 0) is 6.54 Å². The van der Waals surface area contributed by atoms with Gasteiger partial charge in [0, 0.05) is 18.5 Å². The maximum atomic E-state index is 11.9. The minimum atomic E-state index is -4.08. The van der Waals surface area contributed by atoms with Crippen LogP contribution in [0.2, 0.25) is 0 Å². The molecule has 0 saturated heterocycles. The highest BCUT2D eigenvalue weighted by atomic mass is 19.4. The number of hydrogen-bond acceptors (Lipinski definition) is 2. The first-order valence-corrected chi connectivity index (χ1v) is 6.05. The summed E-state index contributed by atoms with van der Waals surface area (Å²) in [5, 5.41) is 3.01. The van der Waals surface area contributed by atoms with Crippen molar-refractivity contribution in [2.45, 2.75) is 32.0 Å². The third-order valence-electron chi connectivity index (χ3n) is 2.66. The summed E-state index contributed by atoms with van der Waals surface area (Å²) >= 11 is 0. The van der Waals surface area contributed by atoms with Crippen LogP contribution >= 0.6 is 0 Å². The van der Waals surface area contributed by atoms with Crippen molar-refractivity contribution in [3.05, 3.63) is 35.4 Å². The number of nitrogens with two attached hydrogens (primary N) is 1. The summed E-state index contributed by atoms with van der Waals surface area (Å²) in [6.07, 6.45) is -4.29. The van der Waals surface area contributed by atoms with Crippen LogP contribution in [0, 0.1) is 0 Å². The van der Waals surface area contributed by atoms with Crippen LogP contribution in [0.15, 0.2) is 24.3 Å². The highest BCUT2D eigenvalue weighted by molar-refractivity contribution is 5.94. The first kappa shape index (κ1) is 15.5. The van der Waals surface area contributed by atoms with Crippen molar-refractivity contribution in [3.63, 3.8) is 0 Å². The van der Waals surface area contributed by atoms with Gasteiger partial charge in [0.05, 0.1) is 0 Å². The van der Waals surface area contributed by atoms with Crippen LogP contribution < -0.4 is 11.1 Å². The van der Waals surface area contributed by atoms with Crippen LogP contribution in [0.5, 0.6) is 0 Å². The molecular formula is C13H17F3N2O. The second-order valence-electron chi connectivity index (χ2n) is 4.27. The fraction of sp³-hybridized carbons (Fsp3) is 0.462. The molecule has 6 heteroatoms. The molecule has 0 aromatic heterocycles. The number of alkyl halides is 3. The molecular weight excluding hydrogens is 257 g/mol. The van der Waals surface area contributed by atoms with Gasteiger partial charge in [0.15, 0.2) is 0 Å². The lowest BCUT2D eigenvalue weighted by Crippen LogP contribution is -2.20. The molecule has 19 heavy (non-hydrogen) atoms. The number of primary amides is 1. The number of halogens is 3. The second kappa shape index (κ2) is 7.13. The largest absolute Gasteiger partial charge is 0.389 e. The molecule has 0 spiro atoms. The Balaban J connectivity index is 2.28. The van der Waals surface area contributed by atoms with Crippen molar-refractivity contribution in [1.82, 2.24) is 5.32 Å². The molecule has 0 unspecified atom stereocenters. The standard InChI is InChI=1S/C13H17F3N2O/c14-13(15,16)7-3-4-8-18-9-10-5-1-2-6-11(10)12(17)19/h1-2,5-6,18H,3-4,7-9H2,(H2,17,19). The van der Waals surface area contributed by atoms with Gasteiger partial charge < -0.3 is 11.1 Å². The molecule has 1 amide bonds. The van der Waals surface area contributed by atoms with Gasteiger partial charge in [-0.05, 0) is 31.0 Å². The summed E-state index contributed by atoms with van der Waals surface area (Å²) in [6, 6.07) is 6.89. The Labute approximate surface area is 110 Å². The maximum Gasteiger partial charge on any atom is 0.389 e. The first-order valence-electron chi connectivity index (χ1n) is 6.05. The van der Waals surface area contributed by atoms with E-state index in [9.17, 15) is 18.0 Å². The molecule has 0 aliphatic heterocycles. The number of hydrogen-bond donors (Lipinski definition) is 2. The molecule has 0 aliphatic rings. The minimum Gasteiger partial charge on any atom is -0.366 e. The Bertz CT molecular complexity index is 419. The number of carbonyl (C=O) groups excluding carboxylic acids is 1. The molecule has 3 N–H and O–H groups in total. The van der Waals surface area contributed by atoms with Gasteiger partial charge >= 0.3 is 6.18 Å². The number of carbonyl (C=O) groups is 1. The third-order valence-corrected chi connectivity index (χ3v) is 2.66. The zero-order chi connectivity index (χ0) is 14.3. The molecule has 106 valence electrons. The second-order valence-corrected chi connectivity index (χ2v) is 4.27. The van der Waals surface area contributed by atoms with E-state index in [1.807, 2.05) is 0 Å². The quantitative estimate of drug-likeness (QED) is 0.751. The van der Waals surface area contributed by atoms with Crippen LogP contribution in [0.4, 0.5) is 13.2 Å². The van der Waals surface area contributed by atoms with E-state index in [4.69, 9.17) is 5.73 Å². The fourth-order valence-electron chi connectivity index (χ4n) is 1.71. The van der Waals surface area contributed by atoms with Crippen molar-refractivity contribution in [1.29, 1.82) is 0 Å². The number of nitrogens with one attached hydrogen (secondary N) is 1. The molecule has 0 aliphatic carbocycles. The fourth-order valence-corrected chi connectivity index (χ4v) is 1.71. The third kappa shape index (κ3) is 6.24. The number of benzene rings is 1. The summed E-state index contributed by atoms with van der Waals surface area (Å²) in [5.74, 6) is -0.505. The number of rotatable bonds is 7. The van der Waals surface area contributed by atoms with Gasteiger partial charge in [-0.15, -0.1) is 0 Å². The summed E-state index contributed by atoms with van der Waals surface area (Å²) in [6.45, 7) is 0.897. The van der Waals surface area contributed by atoms with Crippen molar-refractivity contribution >= 4 is 5.91 Å². The van der Waals surface area contributed by atoms with E-state index < -0.39 is 18.5 Å². The van der Waals surface area contributed by atoms with Crippen LogP contribution in [0.25, 0.3) is 0 Å². The molecule has 0 fully saturated rings. The minimum absolute atomic E-state index is 0.105. The van der Waals surface area contributed by atoms with Gasteiger partial charge in [0.2, 0.25) is 5.91 Å². The Morgan fingerprint density at radius 1 is 1.21 bits per heavy atom. The topological polar surface area (TPSA) is 55.1 Å². The molecule has 1 rings (SSSR count). The predicted molar refractivity (Wildman–Crippen MR) is 66.6 cm³/mol. The number of amides is 1. The molecule has 3 nitrogen and oxygen atoms in total. The normalized spacial score (nSPS) is 11.5. The summed E-state index contributed by atoms with van der Waals surface area (Å²) in [4.78, 5) is 11.1. The lowest BCUT2D eigenvalue weighted by atomic mass is 10.1. The monoisotopic (exact) mass is 274 g/mol. The van der Waals surface area contributed by atoms with E-state index in [0.717, 1.165) is 5.56 Å². The van der Waals surface area contributed by atoms with Gasteiger partial charge in [-0.25, -0.2) is 0 Å². The van der Waals surface area contributed by atoms with Crippen molar-refractivity contribution in [3.8, 4) is 0 Å². The molecule has 0 bridgehead atoms. The zero-order valence-corrected chi connectivity index (χ0v) is 10.5. The lowest BCUT2D eigenvalue weighted by molar-refractivity contribution is -0.135. The molecule has 0 saturated carbocycles. The molecule has 1 aromatic carbocycles. The smallest absolute Gasteiger partial charge is 0.366 e. The van der Waals surface area contributed by atoms with Gasteiger partial charge in [-0.3, -0.25) is 4.79 Å². The van der Waals surface area contributed by atoms with Gasteiger partial charge in [0.25, 0.3) is 0 Å². The Kier molecular flexibility index (Phi) is 5.82. The predicted octanol–water partition coefficient (Wildman–Crippen LogP) is 2.61. The van der Waals surface area contributed by atoms with Crippen LogP contribution in [-0.4, -0.2) is 18.6 Å². The SMILES string of the molecule is NC(=O)c1ccccc1CNCCCCC(F)(F)F. The van der Waals surface area contributed by atoms with Crippen LogP contribution in [0.3, 0.4) is 0 Å². The van der Waals surface area contributed by atoms with Gasteiger partial charge in [0.1, 0.15) is 0 Å². The summed E-state index contributed by atoms with van der Waals surface area (Å²) < 4.78 is 35.7. The molecule has 0 radical (unpaired) electrons. The van der Waals surface area contributed by atoms with Gasteiger partial charge in [-0.2, -0.15) is 13.2 Å². The average molecular weight is 274 g/mol. The lowest BCUT2D eigenvalue weighted by Gasteiger charge is -2.09. The van der Waals surface area contributed by atoms with Gasteiger partial charge in [-0.1, -0.05) is 18.2 Å². The first-order chi connectivity index (χ1) is 8.90. The van der Waals surface area contributed by atoms with E-state index in [0.29, 0.717) is 25.1 Å². The zero-order valence-electron chi connectivity index (χ0n) is 10.5. The highest BCUT2D eigenvalue weighted by Gasteiger charge is 2.25. The highest BCUT2D eigenvalue weighted by Crippen LogP contribution is 2.21. The molecule has 0 atom stereocenters. The summed E-state index contributed by atoms with van der Waals surface area (Å²) in [7, 11) is 0.